The van der Waals surface area contributed by atoms with Crippen molar-refractivity contribution in [3.05, 3.63) is 54.1 Å². The van der Waals surface area contributed by atoms with Gasteiger partial charge in [0.2, 0.25) is 0 Å². The van der Waals surface area contributed by atoms with Crippen LogP contribution in [0.15, 0.2) is 48.5 Å². The zero-order valence-corrected chi connectivity index (χ0v) is 17.5. The summed E-state index contributed by atoms with van der Waals surface area (Å²) in [7, 11) is 2.07. The number of unbranched alkanes of at least 4 members (excludes halogenated alkanes) is 1. The Hall–Kier alpha value is -2.86. The molecular formula is C24H30N2O4. The molecule has 1 amide bonds. The summed E-state index contributed by atoms with van der Waals surface area (Å²) in [5, 5.41) is 11.8. The second kappa shape index (κ2) is 10.8. The van der Waals surface area contributed by atoms with Gasteiger partial charge in [-0.15, -0.1) is 0 Å². The van der Waals surface area contributed by atoms with Gasteiger partial charge in [0.1, 0.15) is 6.10 Å². The third kappa shape index (κ3) is 6.59. The standard InChI is InChI=1S/C24H30N2O4/c1-26-15-13-21(14-16-26)30-24(29)25-22-17-20(18-7-3-2-4-8-18)12-11-19(22)9-5-6-10-23(27)28/h2-4,7-8,11-12,17,21H,5-6,9-10,13-16H2,1H3,(H,25,29)(H,27,28). The van der Waals surface area contributed by atoms with Crippen LogP contribution < -0.4 is 5.32 Å². The van der Waals surface area contributed by atoms with Crippen molar-refractivity contribution in [2.45, 2.75) is 44.6 Å². The summed E-state index contributed by atoms with van der Waals surface area (Å²) in [6.07, 6.45) is 3.41. The molecule has 0 atom stereocenters. The molecule has 0 radical (unpaired) electrons. The molecule has 2 aromatic carbocycles. The number of hydrogen-bond acceptors (Lipinski definition) is 4. The molecule has 2 N–H and O–H groups in total. The number of carbonyl (C=O) groups is 2. The van der Waals surface area contributed by atoms with Crippen molar-refractivity contribution >= 4 is 17.7 Å². The fourth-order valence-corrected chi connectivity index (χ4v) is 3.71. The van der Waals surface area contributed by atoms with Crippen LogP contribution in [0.3, 0.4) is 0 Å². The third-order valence-electron chi connectivity index (χ3n) is 5.48. The molecule has 6 nitrogen and oxygen atoms in total. The van der Waals surface area contributed by atoms with Crippen molar-refractivity contribution in [3.8, 4) is 11.1 Å². The Bertz CT molecular complexity index is 846. The molecule has 1 saturated heterocycles. The number of aliphatic carboxylic acids is 1. The number of aryl methyl sites for hydroxylation is 1. The smallest absolute Gasteiger partial charge is 0.411 e. The Morgan fingerprint density at radius 2 is 1.80 bits per heavy atom. The number of piperidine rings is 1. The second-order valence-electron chi connectivity index (χ2n) is 7.87. The molecule has 0 aliphatic carbocycles. The topological polar surface area (TPSA) is 78.9 Å². The molecule has 1 fully saturated rings. The van der Waals surface area contributed by atoms with Crippen LogP contribution in [0, 0.1) is 0 Å². The molecule has 1 aliphatic rings. The molecule has 0 unspecified atom stereocenters. The highest BCUT2D eigenvalue weighted by molar-refractivity contribution is 5.87. The molecule has 0 saturated carbocycles. The molecule has 0 aromatic heterocycles. The first-order chi connectivity index (χ1) is 14.5. The fraction of sp³-hybridized carbons (Fsp3) is 0.417. The number of nitrogens with zero attached hydrogens (tertiary/aromatic N) is 1. The van der Waals surface area contributed by atoms with E-state index in [1.54, 1.807) is 0 Å². The van der Waals surface area contributed by atoms with E-state index in [9.17, 15) is 9.59 Å². The molecular weight excluding hydrogens is 380 g/mol. The Morgan fingerprint density at radius 3 is 2.50 bits per heavy atom. The highest BCUT2D eigenvalue weighted by Gasteiger charge is 2.21. The molecule has 6 heteroatoms. The largest absolute Gasteiger partial charge is 0.481 e. The Kier molecular flexibility index (Phi) is 7.85. The van der Waals surface area contributed by atoms with Gasteiger partial charge in [-0.3, -0.25) is 10.1 Å². The number of hydrogen-bond donors (Lipinski definition) is 2. The van der Waals surface area contributed by atoms with E-state index in [0.29, 0.717) is 12.8 Å². The number of ether oxygens (including phenoxy) is 1. The average Bonchev–Trinajstić information content (AvgIpc) is 2.74. The zero-order chi connectivity index (χ0) is 21.3. The SMILES string of the molecule is CN1CCC(OC(=O)Nc2cc(-c3ccccc3)ccc2CCCCC(=O)O)CC1. The lowest BCUT2D eigenvalue weighted by molar-refractivity contribution is -0.137. The van der Waals surface area contributed by atoms with Gasteiger partial charge in [0, 0.05) is 25.2 Å². The van der Waals surface area contributed by atoms with Crippen molar-refractivity contribution in [1.29, 1.82) is 0 Å². The predicted molar refractivity (Wildman–Crippen MR) is 118 cm³/mol. The van der Waals surface area contributed by atoms with Crippen LogP contribution in [0.5, 0.6) is 0 Å². The second-order valence-corrected chi connectivity index (χ2v) is 7.87. The molecule has 0 bridgehead atoms. The Balaban J connectivity index is 1.70. The Labute approximate surface area is 177 Å². The highest BCUT2D eigenvalue weighted by Crippen LogP contribution is 2.27. The van der Waals surface area contributed by atoms with Gasteiger partial charge in [0.25, 0.3) is 0 Å². The molecule has 3 rings (SSSR count). The van der Waals surface area contributed by atoms with Crippen LogP contribution in [0.25, 0.3) is 11.1 Å². The molecule has 30 heavy (non-hydrogen) atoms. The van der Waals surface area contributed by atoms with E-state index in [0.717, 1.165) is 54.7 Å². The van der Waals surface area contributed by atoms with Gasteiger partial charge >= 0.3 is 12.1 Å². The normalized spacial score (nSPS) is 15.0. The first-order valence-corrected chi connectivity index (χ1v) is 10.6. The van der Waals surface area contributed by atoms with Gasteiger partial charge in [-0.2, -0.15) is 0 Å². The van der Waals surface area contributed by atoms with Gasteiger partial charge in [-0.25, -0.2) is 4.79 Å². The van der Waals surface area contributed by atoms with Gasteiger partial charge in [0.15, 0.2) is 0 Å². The number of anilines is 1. The lowest BCUT2D eigenvalue weighted by Crippen LogP contribution is -2.36. The van der Waals surface area contributed by atoms with Gasteiger partial charge in [0.05, 0.1) is 0 Å². The van der Waals surface area contributed by atoms with Crippen molar-refractivity contribution in [2.75, 3.05) is 25.5 Å². The monoisotopic (exact) mass is 410 g/mol. The minimum Gasteiger partial charge on any atom is -0.481 e. The summed E-state index contributed by atoms with van der Waals surface area (Å²) in [4.78, 5) is 25.5. The predicted octanol–water partition coefficient (Wildman–Crippen LogP) is 4.79. The van der Waals surface area contributed by atoms with Crippen LogP contribution in [-0.4, -0.2) is 48.3 Å². The van der Waals surface area contributed by atoms with E-state index >= 15 is 0 Å². The van der Waals surface area contributed by atoms with Crippen LogP contribution in [-0.2, 0) is 16.0 Å². The first-order valence-electron chi connectivity index (χ1n) is 10.6. The van der Waals surface area contributed by atoms with Crippen LogP contribution >= 0.6 is 0 Å². The number of carbonyl (C=O) groups excluding carboxylic acids is 1. The van der Waals surface area contributed by atoms with E-state index < -0.39 is 12.1 Å². The maximum Gasteiger partial charge on any atom is 0.411 e. The van der Waals surface area contributed by atoms with Crippen molar-refractivity contribution in [3.63, 3.8) is 0 Å². The number of carboxylic acid groups (broad SMARTS) is 1. The number of amides is 1. The molecule has 1 aliphatic heterocycles. The number of benzene rings is 2. The van der Waals surface area contributed by atoms with E-state index in [1.807, 2.05) is 48.5 Å². The summed E-state index contributed by atoms with van der Waals surface area (Å²) < 4.78 is 5.65. The van der Waals surface area contributed by atoms with E-state index in [2.05, 4.69) is 17.3 Å². The minimum absolute atomic E-state index is 0.0578. The summed E-state index contributed by atoms with van der Waals surface area (Å²) in [6.45, 7) is 1.85. The lowest BCUT2D eigenvalue weighted by Gasteiger charge is -2.28. The van der Waals surface area contributed by atoms with E-state index in [4.69, 9.17) is 9.84 Å². The highest BCUT2D eigenvalue weighted by atomic mass is 16.6. The Morgan fingerprint density at radius 1 is 1.07 bits per heavy atom. The molecule has 2 aromatic rings. The van der Waals surface area contributed by atoms with Gasteiger partial charge < -0.3 is 14.7 Å². The molecule has 1 heterocycles. The van der Waals surface area contributed by atoms with E-state index in [-0.39, 0.29) is 12.5 Å². The number of nitrogens with one attached hydrogen (secondary N) is 1. The van der Waals surface area contributed by atoms with E-state index in [1.165, 1.54) is 0 Å². The maximum absolute atomic E-state index is 12.6. The summed E-state index contributed by atoms with van der Waals surface area (Å²) in [6, 6.07) is 16.0. The van der Waals surface area contributed by atoms with Crippen LogP contribution in [0.2, 0.25) is 0 Å². The number of carboxylic acids is 1. The quantitative estimate of drug-likeness (QED) is 0.612. The molecule has 160 valence electrons. The molecule has 0 spiro atoms. The first kappa shape index (κ1) is 21.8. The lowest BCUT2D eigenvalue weighted by atomic mass is 9.99. The third-order valence-corrected chi connectivity index (χ3v) is 5.48. The van der Waals surface area contributed by atoms with Crippen molar-refractivity contribution in [2.24, 2.45) is 0 Å². The summed E-state index contributed by atoms with van der Waals surface area (Å²) in [5.41, 5.74) is 3.80. The summed E-state index contributed by atoms with van der Waals surface area (Å²) >= 11 is 0. The average molecular weight is 411 g/mol. The van der Waals surface area contributed by atoms with Crippen LogP contribution in [0.1, 0.15) is 37.7 Å². The zero-order valence-electron chi connectivity index (χ0n) is 17.5. The minimum atomic E-state index is -0.783. The van der Waals surface area contributed by atoms with Crippen molar-refractivity contribution < 1.29 is 19.4 Å². The number of rotatable bonds is 8. The fourth-order valence-electron chi connectivity index (χ4n) is 3.71. The maximum atomic E-state index is 12.6. The van der Waals surface area contributed by atoms with Gasteiger partial charge in [-0.05, 0) is 61.9 Å². The summed E-state index contributed by atoms with van der Waals surface area (Å²) in [5.74, 6) is -0.783. The van der Waals surface area contributed by atoms with Crippen LogP contribution in [0.4, 0.5) is 10.5 Å². The van der Waals surface area contributed by atoms with Crippen molar-refractivity contribution in [1.82, 2.24) is 4.90 Å². The van der Waals surface area contributed by atoms with Gasteiger partial charge in [-0.1, -0.05) is 42.5 Å². The number of likely N-dealkylation sites (tertiary alicyclic amines) is 1.